The van der Waals surface area contributed by atoms with Crippen molar-refractivity contribution >= 4 is 92.2 Å². The molecule has 5 aromatic rings. The van der Waals surface area contributed by atoms with Crippen molar-refractivity contribution in [1.82, 2.24) is 0 Å². The Morgan fingerprint density at radius 2 is 0.857 bits per heavy atom. The molecular formula is C46H46Cl4NO4Sb. The number of hydrogen-bond acceptors (Lipinski definition) is 5. The monoisotopic (exact) mass is 937 g/mol. The van der Waals surface area contributed by atoms with Crippen LogP contribution in [0.2, 0.25) is 20.1 Å². The maximum absolute atomic E-state index is 7.89. The molecule has 4 aliphatic rings. The van der Waals surface area contributed by atoms with E-state index in [1.165, 1.54) is 5.56 Å². The first kappa shape index (κ1) is 38.6. The summed E-state index contributed by atoms with van der Waals surface area (Å²) in [6, 6.07) is 21.8. The van der Waals surface area contributed by atoms with Gasteiger partial charge in [0.05, 0.1) is 0 Å². The van der Waals surface area contributed by atoms with Crippen LogP contribution in [0.15, 0.2) is 60.7 Å². The van der Waals surface area contributed by atoms with Crippen molar-refractivity contribution in [1.29, 1.82) is 0 Å². The van der Waals surface area contributed by atoms with Crippen LogP contribution in [0.4, 0.5) is 17.1 Å². The Morgan fingerprint density at radius 1 is 0.446 bits per heavy atom. The van der Waals surface area contributed by atoms with Crippen LogP contribution in [-0.4, -0.2) is 18.2 Å². The van der Waals surface area contributed by atoms with Gasteiger partial charge in [0.1, 0.15) is 0 Å². The molecule has 0 saturated carbocycles. The second-order valence-electron chi connectivity index (χ2n) is 19.6. The third kappa shape index (κ3) is 4.94. The van der Waals surface area contributed by atoms with E-state index in [0.717, 1.165) is 44.3 Å². The predicted molar refractivity (Wildman–Crippen MR) is 235 cm³/mol. The minimum atomic E-state index is -6.14. The van der Waals surface area contributed by atoms with Crippen LogP contribution in [0.5, 0.6) is 34.5 Å². The Morgan fingerprint density at radius 3 is 1.23 bits per heavy atom. The van der Waals surface area contributed by atoms with E-state index >= 15 is 0 Å². The zero-order valence-electron chi connectivity index (χ0n) is 33.8. The molecule has 5 nitrogen and oxygen atoms in total. The fourth-order valence-electron chi connectivity index (χ4n) is 8.70. The summed E-state index contributed by atoms with van der Waals surface area (Å²) < 4.78 is 32.9. The SMILES string of the molecule is CC(C)(C)c1ccc(N2c3ccc(C(C)(C)C)c4[c]3[Sb]35([O]c6c(Cl)c(Cl)c(Cl)c(Cl)c6[O]3)[c]3c(cc(C(C)(C)C)cc3Oc3c(C(C)(C)C)ccc2[c]35)O4)cc1. The number of fused-ring (bicyclic) bond motifs is 1. The molecule has 0 fully saturated rings. The summed E-state index contributed by atoms with van der Waals surface area (Å²) in [6.07, 6.45) is 0. The number of rotatable bonds is 1. The Labute approximate surface area is 352 Å². The van der Waals surface area contributed by atoms with E-state index < -0.39 is 18.2 Å². The third-order valence-corrected chi connectivity index (χ3v) is 27.1. The van der Waals surface area contributed by atoms with Gasteiger partial charge >= 0.3 is 355 Å². The van der Waals surface area contributed by atoms with Gasteiger partial charge in [0.15, 0.2) is 0 Å². The number of nitrogens with zero attached hydrogens (tertiary/aromatic N) is 1. The first-order valence-electron chi connectivity index (χ1n) is 19.0. The van der Waals surface area contributed by atoms with Gasteiger partial charge in [-0.25, -0.2) is 0 Å². The van der Waals surface area contributed by atoms with E-state index in [1.54, 1.807) is 0 Å². The van der Waals surface area contributed by atoms with Gasteiger partial charge in [-0.3, -0.25) is 0 Å². The van der Waals surface area contributed by atoms with Crippen molar-refractivity contribution in [3.63, 3.8) is 0 Å². The fraction of sp³-hybridized carbons (Fsp3) is 0.348. The molecule has 0 N–H and O–H groups in total. The van der Waals surface area contributed by atoms with Crippen LogP contribution >= 0.6 is 46.4 Å². The molecule has 292 valence electrons. The second kappa shape index (κ2) is 11.6. The van der Waals surface area contributed by atoms with Crippen molar-refractivity contribution in [3.8, 4) is 34.5 Å². The van der Waals surface area contributed by atoms with Gasteiger partial charge < -0.3 is 0 Å². The van der Waals surface area contributed by atoms with Crippen LogP contribution in [0, 0.1) is 0 Å². The van der Waals surface area contributed by atoms with Gasteiger partial charge in [-0.05, 0) is 0 Å². The van der Waals surface area contributed by atoms with Crippen molar-refractivity contribution in [2.24, 2.45) is 0 Å². The second-order valence-corrected chi connectivity index (χ2v) is 31.4. The summed E-state index contributed by atoms with van der Waals surface area (Å²) in [7, 11) is 0. The Balaban J connectivity index is 1.54. The molecule has 5 aromatic carbocycles. The molecule has 0 radical (unpaired) electrons. The summed E-state index contributed by atoms with van der Waals surface area (Å²) in [5.41, 5.74) is 6.07. The van der Waals surface area contributed by atoms with E-state index in [-0.39, 0.29) is 53.2 Å². The zero-order chi connectivity index (χ0) is 40.5. The number of benzene rings is 5. The molecule has 1 spiro atoms. The van der Waals surface area contributed by atoms with Crippen LogP contribution < -0.4 is 30.9 Å². The minimum absolute atomic E-state index is 0.0300. The molecule has 10 heteroatoms. The maximum atomic E-state index is 7.89. The number of halogens is 4. The van der Waals surface area contributed by atoms with Crippen LogP contribution in [-0.2, 0) is 21.7 Å². The normalized spacial score (nSPS) is 17.5. The van der Waals surface area contributed by atoms with E-state index in [4.69, 9.17) is 61.9 Å². The Kier molecular flexibility index (Phi) is 8.02. The molecule has 4 aliphatic heterocycles. The van der Waals surface area contributed by atoms with Gasteiger partial charge in [0.25, 0.3) is 0 Å². The molecule has 0 saturated heterocycles. The standard InChI is InChI=1S/C40H46NO2.C6H2Cl4O2.Sb/c1-37(2,3)26-13-15-28(16-14-26)41-29-17-19-33(39(7,8)9)35(23-29)42-31-21-27(38(4,5)6)22-32(25-31)43-36-24-30(41)18-20-34(36)40(10,11)12;7-1-2(8)4(10)6(12)5(11)3(1)9;/h13-22H,1-12H3;11-12H;/q;;+2/p-2. The molecule has 9 rings (SSSR count). The number of hydrogen-bond donors (Lipinski definition) is 0. The van der Waals surface area contributed by atoms with Crippen LogP contribution in [0.25, 0.3) is 0 Å². The summed E-state index contributed by atoms with van der Waals surface area (Å²) >= 11 is 21.9. The molecule has 56 heavy (non-hydrogen) atoms. The fourth-order valence-corrected chi connectivity index (χ4v) is 25.8. The molecule has 0 unspecified atom stereocenters. The summed E-state index contributed by atoms with van der Waals surface area (Å²) in [4.78, 5) is 2.30. The van der Waals surface area contributed by atoms with E-state index in [2.05, 4.69) is 149 Å². The van der Waals surface area contributed by atoms with Gasteiger partial charge in [-0.1, -0.05) is 0 Å². The van der Waals surface area contributed by atoms with Crippen molar-refractivity contribution in [3.05, 3.63) is 103 Å². The Hall–Kier alpha value is -2.92. The summed E-state index contributed by atoms with van der Waals surface area (Å²) in [5.74, 6) is 3.20. The number of anilines is 3. The topological polar surface area (TPSA) is 40.2 Å². The van der Waals surface area contributed by atoms with E-state index in [1.807, 2.05) is 0 Å². The van der Waals surface area contributed by atoms with E-state index in [9.17, 15) is 0 Å². The first-order chi connectivity index (χ1) is 25.9. The Bertz CT molecular complexity index is 2450. The van der Waals surface area contributed by atoms with E-state index in [0.29, 0.717) is 23.0 Å². The zero-order valence-corrected chi connectivity index (χ0v) is 39.4. The van der Waals surface area contributed by atoms with Crippen LogP contribution in [0.3, 0.4) is 0 Å². The van der Waals surface area contributed by atoms with Crippen LogP contribution in [0.1, 0.15) is 105 Å². The van der Waals surface area contributed by atoms with Gasteiger partial charge in [-0.15, -0.1) is 0 Å². The van der Waals surface area contributed by atoms with Crippen molar-refractivity contribution < 1.29 is 15.5 Å². The first-order valence-corrected chi connectivity index (χ1v) is 26.4. The average Bonchev–Trinajstić information content (AvgIpc) is 3.44. The molecule has 4 heterocycles. The molecule has 0 aliphatic carbocycles. The van der Waals surface area contributed by atoms with Gasteiger partial charge in [0, 0.05) is 0 Å². The van der Waals surface area contributed by atoms with Gasteiger partial charge in [-0.2, -0.15) is 0 Å². The quantitative estimate of drug-likeness (QED) is 0.0933. The summed E-state index contributed by atoms with van der Waals surface area (Å²) in [5, 5.41) is 0.494. The van der Waals surface area contributed by atoms with Crippen molar-refractivity contribution in [2.75, 3.05) is 4.90 Å². The predicted octanol–water partition coefficient (Wildman–Crippen LogP) is 13.4. The average molecular weight is 940 g/mol. The van der Waals surface area contributed by atoms with Crippen molar-refractivity contribution in [2.45, 2.75) is 105 Å². The molecule has 0 atom stereocenters. The number of ether oxygens (including phenoxy) is 2. The molecule has 0 aromatic heterocycles. The summed E-state index contributed by atoms with van der Waals surface area (Å²) in [6.45, 7) is 26.4. The molecule has 0 amide bonds. The molecular weight excluding hydrogens is 894 g/mol. The van der Waals surface area contributed by atoms with Gasteiger partial charge in [0.2, 0.25) is 0 Å². The molecule has 0 bridgehead atoms. The third-order valence-electron chi connectivity index (χ3n) is 11.6.